The maximum absolute atomic E-state index is 12.1. The van der Waals surface area contributed by atoms with Gasteiger partial charge in [-0.25, -0.2) is 0 Å². The van der Waals surface area contributed by atoms with Gasteiger partial charge in [0.1, 0.15) is 5.54 Å². The summed E-state index contributed by atoms with van der Waals surface area (Å²) in [5.41, 5.74) is -0.558. The molecule has 4 heteroatoms. The summed E-state index contributed by atoms with van der Waals surface area (Å²) in [5.74, 6) is 0.679. The second-order valence-electron chi connectivity index (χ2n) is 5.57. The third-order valence-electron chi connectivity index (χ3n) is 3.24. The van der Waals surface area contributed by atoms with Crippen LogP contribution in [-0.4, -0.2) is 35.2 Å². The van der Waals surface area contributed by atoms with Crippen molar-refractivity contribution < 1.29 is 9.53 Å². The fourth-order valence-electron chi connectivity index (χ4n) is 2.43. The minimum Gasteiger partial charge on any atom is -0.465 e. The predicted octanol–water partition coefficient (Wildman–Crippen LogP) is 2.98. The summed E-state index contributed by atoms with van der Waals surface area (Å²) < 4.78 is 5.21. The highest BCUT2D eigenvalue weighted by molar-refractivity contribution is 8.00. The summed E-state index contributed by atoms with van der Waals surface area (Å²) in [6, 6.07) is 0.281. The van der Waals surface area contributed by atoms with E-state index in [1.807, 2.05) is 25.6 Å². The molecule has 1 aliphatic rings. The number of ether oxygens (including phenoxy) is 1. The first-order valence-electron chi connectivity index (χ1n) is 7.04. The highest BCUT2D eigenvalue weighted by atomic mass is 32.2. The average molecular weight is 273 g/mol. The van der Waals surface area contributed by atoms with E-state index in [1.165, 1.54) is 25.7 Å². The van der Waals surface area contributed by atoms with Crippen LogP contribution in [0.4, 0.5) is 0 Å². The van der Waals surface area contributed by atoms with Crippen molar-refractivity contribution in [3.63, 3.8) is 0 Å². The molecule has 1 saturated carbocycles. The first kappa shape index (κ1) is 15.8. The molecule has 1 atom stereocenters. The Bertz CT molecular complexity index is 265. The zero-order valence-corrected chi connectivity index (χ0v) is 12.9. The Kier molecular flexibility index (Phi) is 6.50. The Morgan fingerprint density at radius 3 is 2.56 bits per heavy atom. The lowest BCUT2D eigenvalue weighted by Crippen LogP contribution is -2.55. The summed E-state index contributed by atoms with van der Waals surface area (Å²) in [5, 5.41) is 4.10. The quantitative estimate of drug-likeness (QED) is 0.724. The maximum Gasteiger partial charge on any atom is 0.326 e. The molecule has 0 aliphatic heterocycles. The van der Waals surface area contributed by atoms with Gasteiger partial charge < -0.3 is 4.74 Å². The van der Waals surface area contributed by atoms with Crippen LogP contribution in [0.3, 0.4) is 0 Å². The van der Waals surface area contributed by atoms with Crippen LogP contribution < -0.4 is 5.32 Å². The van der Waals surface area contributed by atoms with Crippen molar-refractivity contribution in [3.8, 4) is 0 Å². The summed E-state index contributed by atoms with van der Waals surface area (Å²) in [7, 11) is 0. The number of hydrogen-bond acceptors (Lipinski definition) is 4. The van der Waals surface area contributed by atoms with Gasteiger partial charge in [0, 0.05) is 17.0 Å². The van der Waals surface area contributed by atoms with Gasteiger partial charge in [-0.15, -0.1) is 0 Å². The van der Waals surface area contributed by atoms with Crippen molar-refractivity contribution in [3.05, 3.63) is 0 Å². The van der Waals surface area contributed by atoms with E-state index in [4.69, 9.17) is 4.74 Å². The van der Waals surface area contributed by atoms with Gasteiger partial charge in [0.2, 0.25) is 0 Å². The highest BCUT2D eigenvalue weighted by Crippen LogP contribution is 2.31. The van der Waals surface area contributed by atoms with Gasteiger partial charge in [0.05, 0.1) is 6.61 Å². The van der Waals surface area contributed by atoms with Crippen molar-refractivity contribution in [1.29, 1.82) is 0 Å². The molecule has 3 nitrogen and oxygen atoms in total. The molecule has 0 heterocycles. The Hall–Kier alpha value is -0.220. The zero-order valence-electron chi connectivity index (χ0n) is 12.1. The first-order chi connectivity index (χ1) is 8.48. The van der Waals surface area contributed by atoms with Gasteiger partial charge in [-0.05, 0) is 40.5 Å². The molecular weight excluding hydrogens is 246 g/mol. The topological polar surface area (TPSA) is 38.3 Å². The summed E-state index contributed by atoms with van der Waals surface area (Å²) in [6.07, 6.45) is 5.27. The van der Waals surface area contributed by atoms with Crippen LogP contribution in [0.5, 0.6) is 0 Å². The number of nitrogens with one attached hydrogen (secondary N) is 1. The largest absolute Gasteiger partial charge is 0.465 e. The molecule has 0 spiro atoms. The predicted molar refractivity (Wildman–Crippen MR) is 78.0 cm³/mol. The van der Waals surface area contributed by atoms with Gasteiger partial charge in [-0.1, -0.05) is 12.8 Å². The van der Waals surface area contributed by atoms with E-state index in [0.29, 0.717) is 6.61 Å². The molecule has 0 aromatic heterocycles. The molecular formula is C14H27NO2S. The SMILES string of the molecule is CCOC(=O)C(C)(CSC1CCCC1)NC(C)C. The third-order valence-corrected chi connectivity index (χ3v) is 4.93. The minimum absolute atomic E-state index is 0.121. The summed E-state index contributed by atoms with van der Waals surface area (Å²) in [4.78, 5) is 12.1. The fourth-order valence-corrected chi connectivity index (χ4v) is 3.86. The molecule has 1 fully saturated rings. The molecule has 0 radical (unpaired) electrons. The third kappa shape index (κ3) is 4.81. The van der Waals surface area contributed by atoms with E-state index < -0.39 is 5.54 Å². The van der Waals surface area contributed by atoms with Crippen LogP contribution in [0.25, 0.3) is 0 Å². The zero-order chi connectivity index (χ0) is 13.6. The van der Waals surface area contributed by atoms with Gasteiger partial charge >= 0.3 is 5.97 Å². The van der Waals surface area contributed by atoms with E-state index in [1.54, 1.807) is 0 Å². The smallest absolute Gasteiger partial charge is 0.326 e. The van der Waals surface area contributed by atoms with E-state index >= 15 is 0 Å². The number of hydrogen-bond donors (Lipinski definition) is 1. The summed E-state index contributed by atoms with van der Waals surface area (Å²) >= 11 is 1.92. The van der Waals surface area contributed by atoms with Gasteiger partial charge in [-0.3, -0.25) is 10.1 Å². The van der Waals surface area contributed by atoms with Crippen LogP contribution in [-0.2, 0) is 9.53 Å². The lowest BCUT2D eigenvalue weighted by Gasteiger charge is -2.31. The number of carbonyl (C=O) groups is 1. The monoisotopic (exact) mass is 273 g/mol. The standard InChI is InChI=1S/C14H27NO2S/c1-5-17-13(16)14(4,15-11(2)3)10-18-12-8-6-7-9-12/h11-12,15H,5-10H2,1-4H3. The molecule has 0 amide bonds. The Morgan fingerprint density at radius 1 is 1.44 bits per heavy atom. The van der Waals surface area contributed by atoms with Crippen molar-refractivity contribution in [2.45, 2.75) is 70.2 Å². The molecule has 0 bridgehead atoms. The van der Waals surface area contributed by atoms with Gasteiger partial charge in [0.15, 0.2) is 0 Å². The number of esters is 1. The molecule has 1 unspecified atom stereocenters. The fraction of sp³-hybridized carbons (Fsp3) is 0.929. The van der Waals surface area contributed by atoms with E-state index in [-0.39, 0.29) is 12.0 Å². The van der Waals surface area contributed by atoms with Crippen molar-refractivity contribution >= 4 is 17.7 Å². The van der Waals surface area contributed by atoms with Crippen LogP contribution in [0.1, 0.15) is 53.4 Å². The molecule has 18 heavy (non-hydrogen) atoms. The second-order valence-corrected chi connectivity index (χ2v) is 6.86. The summed E-state index contributed by atoms with van der Waals surface area (Å²) in [6.45, 7) is 8.41. The molecule has 1 rings (SSSR count). The number of thioether (sulfide) groups is 1. The minimum atomic E-state index is -0.558. The van der Waals surface area contributed by atoms with E-state index in [9.17, 15) is 4.79 Å². The van der Waals surface area contributed by atoms with E-state index in [0.717, 1.165) is 11.0 Å². The highest BCUT2D eigenvalue weighted by Gasteiger charge is 2.36. The Balaban J connectivity index is 2.54. The first-order valence-corrected chi connectivity index (χ1v) is 8.09. The van der Waals surface area contributed by atoms with Crippen molar-refractivity contribution in [2.75, 3.05) is 12.4 Å². The normalized spacial score (nSPS) is 20.1. The van der Waals surface area contributed by atoms with Gasteiger partial charge in [0.25, 0.3) is 0 Å². The average Bonchev–Trinajstić information content (AvgIpc) is 2.78. The molecule has 0 aromatic rings. The molecule has 1 N–H and O–H groups in total. The van der Waals surface area contributed by atoms with Gasteiger partial charge in [-0.2, -0.15) is 11.8 Å². The Morgan fingerprint density at radius 2 is 2.06 bits per heavy atom. The molecule has 0 aromatic carbocycles. The van der Waals surface area contributed by atoms with E-state index in [2.05, 4.69) is 19.2 Å². The number of carbonyl (C=O) groups excluding carboxylic acids is 1. The second kappa shape index (κ2) is 7.39. The Labute approximate surface area is 115 Å². The molecule has 106 valence electrons. The van der Waals surface area contributed by atoms with Crippen LogP contribution >= 0.6 is 11.8 Å². The number of rotatable bonds is 7. The lowest BCUT2D eigenvalue weighted by atomic mass is 10.0. The van der Waals surface area contributed by atoms with Crippen molar-refractivity contribution in [1.82, 2.24) is 5.32 Å². The lowest BCUT2D eigenvalue weighted by molar-refractivity contribution is -0.149. The molecule has 1 aliphatic carbocycles. The van der Waals surface area contributed by atoms with Crippen LogP contribution in [0.15, 0.2) is 0 Å². The van der Waals surface area contributed by atoms with Crippen LogP contribution in [0, 0.1) is 0 Å². The maximum atomic E-state index is 12.1. The van der Waals surface area contributed by atoms with Crippen LogP contribution in [0.2, 0.25) is 0 Å². The molecule has 0 saturated heterocycles. The van der Waals surface area contributed by atoms with Crippen molar-refractivity contribution in [2.24, 2.45) is 0 Å².